The van der Waals surface area contributed by atoms with E-state index in [0.717, 1.165) is 32.6 Å². The number of hydrogen-bond donors (Lipinski definition) is 1. The van der Waals surface area contributed by atoms with E-state index in [1.54, 1.807) is 15.6 Å². The Labute approximate surface area is 124 Å². The summed E-state index contributed by atoms with van der Waals surface area (Å²) in [7, 11) is -3.13. The average molecular weight is 315 g/mol. The quantitative estimate of drug-likeness (QED) is 0.871. The fourth-order valence-corrected chi connectivity index (χ4v) is 5.11. The molecule has 1 N–H and O–H groups in total. The van der Waals surface area contributed by atoms with E-state index in [9.17, 15) is 8.42 Å². The fourth-order valence-electron chi connectivity index (χ4n) is 2.77. The van der Waals surface area contributed by atoms with Crippen molar-refractivity contribution in [1.29, 1.82) is 0 Å². The van der Waals surface area contributed by atoms with E-state index in [2.05, 4.69) is 21.7 Å². The number of hydrogen-bond acceptors (Lipinski definition) is 5. The lowest BCUT2D eigenvalue weighted by atomic mass is 10.1. The van der Waals surface area contributed by atoms with E-state index < -0.39 is 10.0 Å². The molecule has 1 fully saturated rings. The van der Waals surface area contributed by atoms with Crippen LogP contribution in [-0.4, -0.2) is 62.6 Å². The van der Waals surface area contributed by atoms with Crippen molar-refractivity contribution in [1.82, 2.24) is 14.5 Å². The molecule has 3 rings (SSSR count). The average Bonchev–Trinajstić information content (AvgIpc) is 2.94. The molecule has 0 aliphatic carbocycles. The SMILES string of the molecule is O=S(=O)(CCN1CCNCC1)N1CCc2sccc2C1. The van der Waals surface area contributed by atoms with Gasteiger partial charge in [0.1, 0.15) is 0 Å². The molecule has 2 aliphatic rings. The maximum Gasteiger partial charge on any atom is 0.215 e. The van der Waals surface area contributed by atoms with Gasteiger partial charge in [-0.2, -0.15) is 4.31 Å². The molecule has 0 amide bonds. The summed E-state index contributed by atoms with van der Waals surface area (Å²) in [4.78, 5) is 3.58. The van der Waals surface area contributed by atoms with Gasteiger partial charge in [-0.25, -0.2) is 8.42 Å². The van der Waals surface area contributed by atoms with Crippen LogP contribution in [0.25, 0.3) is 0 Å². The highest BCUT2D eigenvalue weighted by Crippen LogP contribution is 2.25. The Morgan fingerprint density at radius 3 is 2.85 bits per heavy atom. The molecule has 0 bridgehead atoms. The molecular weight excluding hydrogens is 294 g/mol. The topological polar surface area (TPSA) is 52.7 Å². The maximum atomic E-state index is 12.4. The van der Waals surface area contributed by atoms with Crippen LogP contribution in [0.5, 0.6) is 0 Å². The van der Waals surface area contributed by atoms with Crippen molar-refractivity contribution in [3.05, 3.63) is 21.9 Å². The molecule has 0 radical (unpaired) electrons. The smallest absolute Gasteiger partial charge is 0.215 e. The zero-order valence-electron chi connectivity index (χ0n) is 11.5. The summed E-state index contributed by atoms with van der Waals surface area (Å²) in [6.45, 7) is 5.66. The van der Waals surface area contributed by atoms with Gasteiger partial charge in [-0.15, -0.1) is 11.3 Å². The molecule has 5 nitrogen and oxygen atoms in total. The Balaban J connectivity index is 1.58. The minimum atomic E-state index is -3.13. The van der Waals surface area contributed by atoms with Crippen molar-refractivity contribution in [2.45, 2.75) is 13.0 Å². The zero-order valence-corrected chi connectivity index (χ0v) is 13.2. The number of nitrogens with one attached hydrogen (secondary N) is 1. The molecule has 2 aliphatic heterocycles. The Morgan fingerprint density at radius 1 is 1.25 bits per heavy atom. The van der Waals surface area contributed by atoms with Crippen molar-refractivity contribution in [2.75, 3.05) is 45.0 Å². The van der Waals surface area contributed by atoms with Gasteiger partial charge in [-0.3, -0.25) is 4.90 Å². The van der Waals surface area contributed by atoms with Gasteiger partial charge in [0.15, 0.2) is 0 Å². The van der Waals surface area contributed by atoms with E-state index >= 15 is 0 Å². The molecule has 3 heterocycles. The number of thiophene rings is 1. The standard InChI is InChI=1S/C13H21N3O2S2/c17-20(18,10-8-15-6-3-14-4-7-15)16-5-1-13-12(11-16)2-9-19-13/h2,9,14H,1,3-8,10-11H2. The third-order valence-electron chi connectivity index (χ3n) is 4.04. The van der Waals surface area contributed by atoms with Crippen LogP contribution in [0.4, 0.5) is 0 Å². The second-order valence-electron chi connectivity index (χ2n) is 5.36. The van der Waals surface area contributed by atoms with Gasteiger partial charge < -0.3 is 5.32 Å². The Kier molecular flexibility index (Phi) is 4.42. The van der Waals surface area contributed by atoms with E-state index in [1.165, 1.54) is 10.4 Å². The molecule has 1 saturated heterocycles. The first kappa shape index (κ1) is 14.5. The maximum absolute atomic E-state index is 12.4. The lowest BCUT2D eigenvalue weighted by Gasteiger charge is -2.30. The minimum Gasteiger partial charge on any atom is -0.314 e. The number of fused-ring (bicyclic) bond motifs is 1. The van der Waals surface area contributed by atoms with Crippen LogP contribution in [0, 0.1) is 0 Å². The summed E-state index contributed by atoms with van der Waals surface area (Å²) >= 11 is 1.74. The normalized spacial score (nSPS) is 21.8. The first-order valence-corrected chi connectivity index (χ1v) is 9.60. The molecule has 0 aromatic carbocycles. The molecule has 0 spiro atoms. The van der Waals surface area contributed by atoms with Crippen LogP contribution in [0.2, 0.25) is 0 Å². The number of nitrogens with zero attached hydrogens (tertiary/aromatic N) is 2. The fraction of sp³-hybridized carbons (Fsp3) is 0.692. The van der Waals surface area contributed by atoms with Gasteiger partial charge >= 0.3 is 0 Å². The van der Waals surface area contributed by atoms with Crippen molar-refractivity contribution in [3.8, 4) is 0 Å². The molecule has 20 heavy (non-hydrogen) atoms. The summed E-state index contributed by atoms with van der Waals surface area (Å²) in [6.07, 6.45) is 0.861. The van der Waals surface area contributed by atoms with E-state index in [1.807, 2.05) is 0 Å². The molecule has 0 atom stereocenters. The van der Waals surface area contributed by atoms with Gasteiger partial charge in [-0.05, 0) is 23.4 Å². The first-order valence-electron chi connectivity index (χ1n) is 7.11. The van der Waals surface area contributed by atoms with Crippen LogP contribution in [0.3, 0.4) is 0 Å². The molecule has 1 aromatic rings. The van der Waals surface area contributed by atoms with Crippen molar-refractivity contribution >= 4 is 21.4 Å². The summed E-state index contributed by atoms with van der Waals surface area (Å²) in [5.74, 6) is 0.243. The van der Waals surface area contributed by atoms with Crippen molar-refractivity contribution in [2.24, 2.45) is 0 Å². The molecule has 0 saturated carbocycles. The first-order chi connectivity index (χ1) is 9.65. The monoisotopic (exact) mass is 315 g/mol. The van der Waals surface area contributed by atoms with E-state index in [4.69, 9.17) is 0 Å². The van der Waals surface area contributed by atoms with Crippen LogP contribution >= 0.6 is 11.3 Å². The van der Waals surface area contributed by atoms with Gasteiger partial charge in [0, 0.05) is 50.7 Å². The third-order valence-corrected chi connectivity index (χ3v) is 6.86. The van der Waals surface area contributed by atoms with Crippen LogP contribution < -0.4 is 5.32 Å². The van der Waals surface area contributed by atoms with Gasteiger partial charge in [0.25, 0.3) is 0 Å². The number of rotatable bonds is 4. The lowest BCUT2D eigenvalue weighted by molar-refractivity contribution is 0.252. The van der Waals surface area contributed by atoms with Crippen LogP contribution in [-0.2, 0) is 23.0 Å². The molecular formula is C13H21N3O2S2. The Morgan fingerprint density at radius 2 is 2.05 bits per heavy atom. The predicted octanol–water partition coefficient (Wildman–Crippen LogP) is 0.341. The Bertz CT molecular complexity index is 550. The van der Waals surface area contributed by atoms with Crippen molar-refractivity contribution in [3.63, 3.8) is 0 Å². The van der Waals surface area contributed by atoms with Gasteiger partial charge in [-0.1, -0.05) is 0 Å². The second-order valence-corrected chi connectivity index (χ2v) is 8.45. The summed E-state index contributed by atoms with van der Waals surface area (Å²) in [5, 5.41) is 5.34. The highest BCUT2D eigenvalue weighted by Gasteiger charge is 2.27. The predicted molar refractivity (Wildman–Crippen MR) is 81.5 cm³/mol. The summed E-state index contributed by atoms with van der Waals surface area (Å²) in [5.41, 5.74) is 1.19. The lowest BCUT2D eigenvalue weighted by Crippen LogP contribution is -2.46. The summed E-state index contributed by atoms with van der Waals surface area (Å²) in [6, 6.07) is 2.05. The molecule has 1 aromatic heterocycles. The third kappa shape index (κ3) is 3.23. The number of piperazine rings is 1. The molecule has 0 unspecified atom stereocenters. The van der Waals surface area contributed by atoms with E-state index in [0.29, 0.717) is 19.6 Å². The van der Waals surface area contributed by atoms with E-state index in [-0.39, 0.29) is 5.75 Å². The Hall–Kier alpha value is -0.470. The highest BCUT2D eigenvalue weighted by molar-refractivity contribution is 7.89. The zero-order chi connectivity index (χ0) is 14.0. The largest absolute Gasteiger partial charge is 0.314 e. The number of sulfonamides is 1. The molecule has 112 valence electrons. The van der Waals surface area contributed by atoms with Crippen molar-refractivity contribution < 1.29 is 8.42 Å². The minimum absolute atomic E-state index is 0.243. The second kappa shape index (κ2) is 6.11. The van der Waals surface area contributed by atoms with Crippen LogP contribution in [0.15, 0.2) is 11.4 Å². The van der Waals surface area contributed by atoms with Crippen LogP contribution in [0.1, 0.15) is 10.4 Å². The highest BCUT2D eigenvalue weighted by atomic mass is 32.2. The van der Waals surface area contributed by atoms with Gasteiger partial charge in [0.2, 0.25) is 10.0 Å². The molecule has 7 heteroatoms. The van der Waals surface area contributed by atoms with Gasteiger partial charge in [0.05, 0.1) is 5.75 Å². The summed E-state index contributed by atoms with van der Waals surface area (Å²) < 4.78 is 26.6.